The van der Waals surface area contributed by atoms with Crippen LogP contribution in [0.4, 0.5) is 10.1 Å². The normalized spacial score (nSPS) is 11.2. The molecule has 0 aliphatic rings. The number of nitrogens with zero attached hydrogens (tertiary/aromatic N) is 3. The van der Waals surface area contributed by atoms with E-state index in [9.17, 15) is 19.3 Å². The quantitative estimate of drug-likeness (QED) is 0.173. The molecule has 0 aliphatic heterocycles. The highest BCUT2D eigenvalue weighted by Gasteiger charge is 2.07. The SMILES string of the molecule is O=C(CSc1ccc([N+](=O)[O-])cc1)N/N=C/c1ccc2c(ccn2Cc2cccc(F)c2)c1. The van der Waals surface area contributed by atoms with Gasteiger partial charge in [-0.25, -0.2) is 9.82 Å². The van der Waals surface area contributed by atoms with Gasteiger partial charge in [-0.2, -0.15) is 5.10 Å². The van der Waals surface area contributed by atoms with Crippen molar-refractivity contribution in [3.8, 4) is 0 Å². The third kappa shape index (κ3) is 5.83. The molecule has 0 radical (unpaired) electrons. The van der Waals surface area contributed by atoms with Crippen molar-refractivity contribution >= 4 is 40.5 Å². The van der Waals surface area contributed by atoms with Crippen molar-refractivity contribution in [2.45, 2.75) is 11.4 Å². The lowest BCUT2D eigenvalue weighted by Crippen LogP contribution is -2.19. The zero-order chi connectivity index (χ0) is 23.2. The summed E-state index contributed by atoms with van der Waals surface area (Å²) in [5.74, 6) is -0.399. The Morgan fingerprint density at radius 1 is 1.12 bits per heavy atom. The van der Waals surface area contributed by atoms with Crippen molar-refractivity contribution in [1.82, 2.24) is 9.99 Å². The van der Waals surface area contributed by atoms with Gasteiger partial charge in [-0.1, -0.05) is 18.2 Å². The molecular formula is C24H19FN4O3S. The minimum absolute atomic E-state index is 0.00896. The Morgan fingerprint density at radius 2 is 1.94 bits per heavy atom. The van der Waals surface area contributed by atoms with Crippen LogP contribution in [-0.4, -0.2) is 27.4 Å². The molecule has 0 saturated heterocycles. The van der Waals surface area contributed by atoms with Gasteiger partial charge in [-0.05, 0) is 53.6 Å². The summed E-state index contributed by atoms with van der Waals surface area (Å²) < 4.78 is 15.5. The maximum absolute atomic E-state index is 13.4. The van der Waals surface area contributed by atoms with Crippen molar-refractivity contribution < 1.29 is 14.1 Å². The second kappa shape index (κ2) is 10.1. The Morgan fingerprint density at radius 3 is 2.70 bits per heavy atom. The molecule has 0 spiro atoms. The first-order valence-electron chi connectivity index (χ1n) is 10.0. The van der Waals surface area contributed by atoms with E-state index in [2.05, 4.69) is 10.5 Å². The number of hydrogen-bond donors (Lipinski definition) is 1. The van der Waals surface area contributed by atoms with Crippen LogP contribution in [-0.2, 0) is 11.3 Å². The fourth-order valence-electron chi connectivity index (χ4n) is 3.29. The minimum Gasteiger partial charge on any atom is -0.343 e. The van der Waals surface area contributed by atoms with Gasteiger partial charge in [0.25, 0.3) is 5.69 Å². The number of fused-ring (bicyclic) bond motifs is 1. The molecule has 33 heavy (non-hydrogen) atoms. The third-order valence-corrected chi connectivity index (χ3v) is 5.87. The number of hydrogen-bond acceptors (Lipinski definition) is 5. The van der Waals surface area contributed by atoms with E-state index < -0.39 is 4.92 Å². The highest BCUT2D eigenvalue weighted by molar-refractivity contribution is 8.00. The van der Waals surface area contributed by atoms with E-state index in [1.165, 1.54) is 36.0 Å². The molecule has 3 aromatic carbocycles. The number of carbonyl (C=O) groups excluding carboxylic acids is 1. The lowest BCUT2D eigenvalue weighted by molar-refractivity contribution is -0.384. The van der Waals surface area contributed by atoms with E-state index in [0.717, 1.165) is 26.9 Å². The average molecular weight is 463 g/mol. The van der Waals surface area contributed by atoms with E-state index >= 15 is 0 Å². The van der Waals surface area contributed by atoms with Gasteiger partial charge in [0.15, 0.2) is 0 Å². The van der Waals surface area contributed by atoms with E-state index in [1.807, 2.05) is 41.1 Å². The summed E-state index contributed by atoms with van der Waals surface area (Å²) in [4.78, 5) is 23.0. The van der Waals surface area contributed by atoms with Gasteiger partial charge in [0.05, 0.1) is 16.9 Å². The van der Waals surface area contributed by atoms with Crippen LogP contribution >= 0.6 is 11.8 Å². The number of benzene rings is 3. The van der Waals surface area contributed by atoms with Crippen LogP contribution < -0.4 is 5.43 Å². The summed E-state index contributed by atoms with van der Waals surface area (Å²) in [6, 6.07) is 20.3. The first-order chi connectivity index (χ1) is 16.0. The number of halogens is 1. The maximum atomic E-state index is 13.4. The van der Waals surface area contributed by atoms with Gasteiger partial charge < -0.3 is 4.57 Å². The molecule has 4 aromatic rings. The molecule has 4 rings (SSSR count). The molecular weight excluding hydrogens is 443 g/mol. The summed E-state index contributed by atoms with van der Waals surface area (Å²) in [7, 11) is 0. The number of rotatable bonds is 8. The standard InChI is InChI=1S/C24H19FN4O3S/c25-20-3-1-2-18(13-20)15-28-11-10-19-12-17(4-9-23(19)28)14-26-27-24(30)16-33-22-7-5-21(6-8-22)29(31)32/h1-14H,15-16H2,(H,27,30)/b26-14+. The lowest BCUT2D eigenvalue weighted by Gasteiger charge is -2.06. The molecule has 0 atom stereocenters. The van der Waals surface area contributed by atoms with Crippen LogP contribution in [0.5, 0.6) is 0 Å². The molecule has 7 nitrogen and oxygen atoms in total. The number of thioether (sulfide) groups is 1. The molecule has 9 heteroatoms. The predicted octanol–water partition coefficient (Wildman–Crippen LogP) is 4.98. The Balaban J connectivity index is 1.32. The number of nitro groups is 1. The number of aromatic nitrogens is 1. The van der Waals surface area contributed by atoms with Gasteiger partial charge >= 0.3 is 0 Å². The fraction of sp³-hybridized carbons (Fsp3) is 0.0833. The maximum Gasteiger partial charge on any atom is 0.269 e. The molecule has 1 aromatic heterocycles. The second-order valence-corrected chi connectivity index (χ2v) is 8.27. The molecule has 0 bridgehead atoms. The van der Waals surface area contributed by atoms with Crippen LogP contribution in [0.1, 0.15) is 11.1 Å². The predicted molar refractivity (Wildman–Crippen MR) is 127 cm³/mol. The summed E-state index contributed by atoms with van der Waals surface area (Å²) in [5, 5.41) is 15.7. The summed E-state index contributed by atoms with van der Waals surface area (Å²) in [5.41, 5.74) is 5.22. The first kappa shape index (κ1) is 22.2. The van der Waals surface area contributed by atoms with Crippen LogP contribution in [0.25, 0.3) is 10.9 Å². The first-order valence-corrected chi connectivity index (χ1v) is 11.0. The highest BCUT2D eigenvalue weighted by Crippen LogP contribution is 2.21. The number of nitro benzene ring substituents is 1. The van der Waals surface area contributed by atoms with Crippen molar-refractivity contribution in [1.29, 1.82) is 0 Å². The number of carbonyl (C=O) groups is 1. The van der Waals surface area contributed by atoms with E-state index in [1.54, 1.807) is 24.4 Å². The smallest absolute Gasteiger partial charge is 0.269 e. The van der Waals surface area contributed by atoms with Crippen molar-refractivity contribution in [2.75, 3.05) is 5.75 Å². The monoisotopic (exact) mass is 462 g/mol. The number of amides is 1. The van der Waals surface area contributed by atoms with Crippen LogP contribution in [0.3, 0.4) is 0 Å². The Kier molecular flexibility index (Phi) is 6.80. The van der Waals surface area contributed by atoms with Gasteiger partial charge in [0.2, 0.25) is 5.91 Å². The molecule has 1 N–H and O–H groups in total. The molecule has 0 aliphatic carbocycles. The molecule has 1 heterocycles. The van der Waals surface area contributed by atoms with E-state index in [-0.39, 0.29) is 23.2 Å². The highest BCUT2D eigenvalue weighted by atomic mass is 32.2. The van der Waals surface area contributed by atoms with Crippen molar-refractivity contribution in [3.05, 3.63) is 106 Å². The Hall–Kier alpha value is -3.98. The minimum atomic E-state index is -0.466. The summed E-state index contributed by atoms with van der Waals surface area (Å²) in [6.07, 6.45) is 3.52. The van der Waals surface area contributed by atoms with Gasteiger partial charge in [0, 0.05) is 40.7 Å². The number of hydrazone groups is 1. The van der Waals surface area contributed by atoms with Crippen LogP contribution in [0.15, 0.2) is 89.0 Å². The van der Waals surface area contributed by atoms with Gasteiger partial charge in [-0.15, -0.1) is 11.8 Å². The molecule has 0 saturated carbocycles. The molecule has 0 fully saturated rings. The van der Waals surface area contributed by atoms with Gasteiger partial charge in [0.1, 0.15) is 5.82 Å². The largest absolute Gasteiger partial charge is 0.343 e. The zero-order valence-corrected chi connectivity index (χ0v) is 18.2. The molecule has 0 unspecified atom stereocenters. The van der Waals surface area contributed by atoms with Crippen LogP contribution in [0.2, 0.25) is 0 Å². The summed E-state index contributed by atoms with van der Waals surface area (Å²) >= 11 is 1.27. The van der Waals surface area contributed by atoms with E-state index in [4.69, 9.17) is 0 Å². The summed E-state index contributed by atoms with van der Waals surface area (Å²) in [6.45, 7) is 0.567. The average Bonchev–Trinajstić information content (AvgIpc) is 3.20. The van der Waals surface area contributed by atoms with E-state index in [0.29, 0.717) is 6.54 Å². The lowest BCUT2D eigenvalue weighted by atomic mass is 10.1. The Bertz CT molecular complexity index is 1340. The van der Waals surface area contributed by atoms with Crippen molar-refractivity contribution in [2.24, 2.45) is 5.10 Å². The van der Waals surface area contributed by atoms with Crippen LogP contribution in [0, 0.1) is 15.9 Å². The van der Waals surface area contributed by atoms with Crippen molar-refractivity contribution in [3.63, 3.8) is 0 Å². The number of nitrogens with one attached hydrogen (secondary N) is 1. The topological polar surface area (TPSA) is 89.5 Å². The number of non-ortho nitro benzene ring substituents is 1. The second-order valence-electron chi connectivity index (χ2n) is 7.22. The molecule has 166 valence electrons. The Labute approximate surface area is 193 Å². The zero-order valence-electron chi connectivity index (χ0n) is 17.3. The third-order valence-electron chi connectivity index (χ3n) is 4.86. The molecule has 1 amide bonds. The van der Waals surface area contributed by atoms with Gasteiger partial charge in [-0.3, -0.25) is 14.9 Å². The fourth-order valence-corrected chi connectivity index (χ4v) is 3.98.